The number of imidazole rings is 2. The Bertz CT molecular complexity index is 1030. The highest BCUT2D eigenvalue weighted by Crippen LogP contribution is 2.12. The van der Waals surface area contributed by atoms with Crippen LogP contribution < -0.4 is 0 Å². The van der Waals surface area contributed by atoms with Crippen LogP contribution >= 0.6 is 0 Å². The highest BCUT2D eigenvalue weighted by molar-refractivity contribution is 5.87. The van der Waals surface area contributed by atoms with Crippen molar-refractivity contribution >= 4 is 11.4 Å². The second kappa shape index (κ2) is 9.13. The van der Waals surface area contributed by atoms with Gasteiger partial charge in [0, 0.05) is 60.4 Å². The van der Waals surface area contributed by atoms with Crippen LogP contribution in [0.2, 0.25) is 0 Å². The van der Waals surface area contributed by atoms with Crippen molar-refractivity contribution in [1.82, 2.24) is 19.1 Å². The Morgan fingerprint density at radius 3 is 1.40 bits per heavy atom. The van der Waals surface area contributed by atoms with Crippen LogP contribution in [0, 0.1) is 0 Å². The van der Waals surface area contributed by atoms with E-state index in [0.29, 0.717) is 0 Å². The van der Waals surface area contributed by atoms with Crippen LogP contribution in [-0.4, -0.2) is 30.5 Å². The molecular weight excluding hydrogens is 372 g/mol. The fourth-order valence-corrected chi connectivity index (χ4v) is 3.23. The molecule has 4 aromatic rings. The zero-order valence-corrected chi connectivity index (χ0v) is 17.2. The molecule has 6 nitrogen and oxygen atoms in total. The SMILES string of the molecule is CC(Cc1ccc(-n2ccnc2)cc1)=NN=C(C)Cc1ccc(-n2ccnc2)cc1. The molecule has 0 atom stereocenters. The van der Waals surface area contributed by atoms with Gasteiger partial charge >= 0.3 is 0 Å². The summed E-state index contributed by atoms with van der Waals surface area (Å²) in [5.41, 5.74) is 6.59. The summed E-state index contributed by atoms with van der Waals surface area (Å²) >= 11 is 0. The maximum Gasteiger partial charge on any atom is 0.0991 e. The highest BCUT2D eigenvalue weighted by Gasteiger charge is 2.01. The molecule has 2 aromatic carbocycles. The monoisotopic (exact) mass is 396 g/mol. The molecule has 0 bridgehead atoms. The predicted molar refractivity (Wildman–Crippen MR) is 121 cm³/mol. The molecule has 0 aliphatic carbocycles. The molecule has 0 saturated carbocycles. The van der Waals surface area contributed by atoms with Crippen molar-refractivity contribution in [3.05, 3.63) is 97.1 Å². The average molecular weight is 396 g/mol. The molecule has 4 rings (SSSR count). The van der Waals surface area contributed by atoms with E-state index in [4.69, 9.17) is 0 Å². The Balaban J connectivity index is 1.34. The van der Waals surface area contributed by atoms with Gasteiger partial charge in [0.2, 0.25) is 0 Å². The van der Waals surface area contributed by atoms with Crippen LogP contribution in [0.5, 0.6) is 0 Å². The number of nitrogens with zero attached hydrogens (tertiary/aromatic N) is 6. The molecule has 0 radical (unpaired) electrons. The van der Waals surface area contributed by atoms with E-state index in [-0.39, 0.29) is 0 Å². The van der Waals surface area contributed by atoms with Gasteiger partial charge < -0.3 is 9.13 Å². The predicted octanol–water partition coefficient (Wildman–Crippen LogP) is 4.68. The fourth-order valence-electron chi connectivity index (χ4n) is 3.23. The van der Waals surface area contributed by atoms with Gasteiger partial charge in [-0.15, -0.1) is 0 Å². The summed E-state index contributed by atoms with van der Waals surface area (Å²) in [7, 11) is 0. The average Bonchev–Trinajstić information content (AvgIpc) is 3.48. The molecule has 0 spiro atoms. The lowest BCUT2D eigenvalue weighted by molar-refractivity contribution is 1.05. The quantitative estimate of drug-likeness (QED) is 0.336. The second-order valence-corrected chi connectivity index (χ2v) is 7.30. The van der Waals surface area contributed by atoms with Crippen LogP contribution in [0.25, 0.3) is 11.4 Å². The Hall–Kier alpha value is -3.80. The molecule has 2 aromatic heterocycles. The molecule has 150 valence electrons. The molecule has 0 saturated heterocycles. The summed E-state index contributed by atoms with van der Waals surface area (Å²) in [6.07, 6.45) is 12.6. The molecular formula is C24H24N6. The fraction of sp³-hybridized carbons (Fsp3) is 0.167. The van der Waals surface area contributed by atoms with Crippen molar-refractivity contribution in [2.24, 2.45) is 10.2 Å². The molecule has 0 N–H and O–H groups in total. The van der Waals surface area contributed by atoms with Gasteiger partial charge in [-0.3, -0.25) is 0 Å². The van der Waals surface area contributed by atoms with E-state index in [2.05, 4.69) is 68.7 Å². The molecule has 30 heavy (non-hydrogen) atoms. The third-order valence-electron chi connectivity index (χ3n) is 4.79. The summed E-state index contributed by atoms with van der Waals surface area (Å²) in [4.78, 5) is 8.16. The molecule has 2 heterocycles. The van der Waals surface area contributed by atoms with Crippen LogP contribution in [0.15, 0.2) is 96.2 Å². The first-order valence-corrected chi connectivity index (χ1v) is 9.88. The van der Waals surface area contributed by atoms with E-state index in [1.165, 1.54) is 11.1 Å². The van der Waals surface area contributed by atoms with Gasteiger partial charge in [-0.25, -0.2) is 9.97 Å². The molecule has 0 amide bonds. The van der Waals surface area contributed by atoms with E-state index >= 15 is 0 Å². The van der Waals surface area contributed by atoms with Crippen LogP contribution in [0.4, 0.5) is 0 Å². The summed E-state index contributed by atoms with van der Waals surface area (Å²) in [5.74, 6) is 0. The van der Waals surface area contributed by atoms with Crippen LogP contribution in [0.1, 0.15) is 25.0 Å². The number of rotatable bonds is 7. The number of hydrogen-bond donors (Lipinski definition) is 0. The van der Waals surface area contributed by atoms with Crippen molar-refractivity contribution in [1.29, 1.82) is 0 Å². The van der Waals surface area contributed by atoms with E-state index in [9.17, 15) is 0 Å². The minimum absolute atomic E-state index is 0.778. The summed E-state index contributed by atoms with van der Waals surface area (Å²) < 4.78 is 3.97. The van der Waals surface area contributed by atoms with Gasteiger partial charge in [0.1, 0.15) is 0 Å². The van der Waals surface area contributed by atoms with Gasteiger partial charge in [-0.2, -0.15) is 10.2 Å². The topological polar surface area (TPSA) is 60.4 Å². The first kappa shape index (κ1) is 19.5. The Labute approximate surface area is 176 Å². The normalized spacial score (nSPS) is 12.3. The minimum atomic E-state index is 0.778. The lowest BCUT2D eigenvalue weighted by Crippen LogP contribution is -2.01. The lowest BCUT2D eigenvalue weighted by Gasteiger charge is -2.05. The zero-order chi connectivity index (χ0) is 20.8. The standard InChI is InChI=1S/C24H24N6/c1-19(15-21-3-7-23(8-4-21)29-13-11-25-17-29)27-28-20(2)16-22-5-9-24(10-6-22)30-14-12-26-18-30/h3-14,17-18H,15-16H2,1-2H3. The molecule has 0 unspecified atom stereocenters. The van der Waals surface area contributed by atoms with Crippen molar-refractivity contribution in [3.8, 4) is 11.4 Å². The highest BCUT2D eigenvalue weighted by atomic mass is 15.2. The Kier molecular flexibility index (Phi) is 5.94. The van der Waals surface area contributed by atoms with Crippen LogP contribution in [-0.2, 0) is 12.8 Å². The molecule has 0 aliphatic heterocycles. The molecule has 6 heteroatoms. The number of hydrogen-bond acceptors (Lipinski definition) is 4. The summed E-state index contributed by atoms with van der Waals surface area (Å²) in [5, 5.41) is 8.85. The van der Waals surface area contributed by atoms with E-state index in [0.717, 1.165) is 35.6 Å². The van der Waals surface area contributed by atoms with Crippen molar-refractivity contribution in [3.63, 3.8) is 0 Å². The largest absolute Gasteiger partial charge is 0.306 e. The Morgan fingerprint density at radius 1 is 0.667 bits per heavy atom. The third kappa shape index (κ3) is 4.97. The third-order valence-corrected chi connectivity index (χ3v) is 4.79. The lowest BCUT2D eigenvalue weighted by atomic mass is 10.1. The van der Waals surface area contributed by atoms with E-state index in [1.807, 2.05) is 35.4 Å². The van der Waals surface area contributed by atoms with Gasteiger partial charge in [0.05, 0.1) is 12.7 Å². The van der Waals surface area contributed by atoms with Crippen molar-refractivity contribution in [2.45, 2.75) is 26.7 Å². The van der Waals surface area contributed by atoms with Crippen molar-refractivity contribution in [2.75, 3.05) is 0 Å². The maximum atomic E-state index is 4.42. The number of aromatic nitrogens is 4. The summed E-state index contributed by atoms with van der Waals surface area (Å²) in [6, 6.07) is 16.8. The van der Waals surface area contributed by atoms with Gasteiger partial charge in [-0.1, -0.05) is 24.3 Å². The zero-order valence-electron chi connectivity index (χ0n) is 17.2. The summed E-state index contributed by atoms with van der Waals surface area (Å²) in [6.45, 7) is 4.03. The van der Waals surface area contributed by atoms with Gasteiger partial charge in [0.15, 0.2) is 0 Å². The maximum absolute atomic E-state index is 4.42. The van der Waals surface area contributed by atoms with Gasteiger partial charge in [0.25, 0.3) is 0 Å². The molecule has 0 aliphatic rings. The smallest absolute Gasteiger partial charge is 0.0991 e. The first-order chi connectivity index (χ1) is 14.7. The number of benzene rings is 2. The van der Waals surface area contributed by atoms with E-state index in [1.54, 1.807) is 25.0 Å². The van der Waals surface area contributed by atoms with E-state index < -0.39 is 0 Å². The first-order valence-electron chi connectivity index (χ1n) is 9.88. The van der Waals surface area contributed by atoms with Crippen molar-refractivity contribution < 1.29 is 0 Å². The Morgan fingerprint density at radius 2 is 1.07 bits per heavy atom. The van der Waals surface area contributed by atoms with Gasteiger partial charge in [-0.05, 0) is 49.2 Å². The van der Waals surface area contributed by atoms with Crippen LogP contribution in [0.3, 0.4) is 0 Å². The second-order valence-electron chi connectivity index (χ2n) is 7.30. The minimum Gasteiger partial charge on any atom is -0.306 e. The molecule has 0 fully saturated rings.